The highest BCUT2D eigenvalue weighted by atomic mass is 32.1. The molecule has 5 nitrogen and oxygen atoms in total. The predicted molar refractivity (Wildman–Crippen MR) is 73.2 cm³/mol. The lowest BCUT2D eigenvalue weighted by Gasteiger charge is -2.13. The van der Waals surface area contributed by atoms with Gasteiger partial charge >= 0.3 is 5.97 Å². The van der Waals surface area contributed by atoms with Crippen molar-refractivity contribution >= 4 is 23.2 Å². The second-order valence-corrected chi connectivity index (χ2v) is 5.92. The van der Waals surface area contributed by atoms with Crippen LogP contribution in [0.4, 0.5) is 0 Å². The van der Waals surface area contributed by atoms with Gasteiger partial charge in [-0.1, -0.05) is 20.8 Å². The third kappa shape index (κ3) is 4.07. The first kappa shape index (κ1) is 15.2. The minimum Gasteiger partial charge on any atom is -0.480 e. The summed E-state index contributed by atoms with van der Waals surface area (Å²) in [4.78, 5) is 27.0. The summed E-state index contributed by atoms with van der Waals surface area (Å²) in [5, 5.41) is 13.7. The van der Waals surface area contributed by atoms with Crippen LogP contribution in [0.3, 0.4) is 0 Å². The third-order valence-electron chi connectivity index (χ3n) is 2.30. The maximum atomic E-state index is 11.9. The molecule has 1 heterocycles. The number of carbonyl (C=O) groups is 2. The van der Waals surface area contributed by atoms with Gasteiger partial charge in [0.1, 0.15) is 11.7 Å². The molecule has 1 rings (SSSR count). The van der Waals surface area contributed by atoms with Gasteiger partial charge in [-0.25, -0.2) is 9.78 Å². The topological polar surface area (TPSA) is 79.3 Å². The fourth-order valence-electron chi connectivity index (χ4n) is 1.27. The van der Waals surface area contributed by atoms with Gasteiger partial charge < -0.3 is 10.4 Å². The number of thiazole rings is 1. The summed E-state index contributed by atoms with van der Waals surface area (Å²) in [6, 6.07) is -1.09. The summed E-state index contributed by atoms with van der Waals surface area (Å²) in [5.74, 6) is 0.548. The van der Waals surface area contributed by atoms with Crippen molar-refractivity contribution in [2.24, 2.45) is 0 Å². The number of carboxylic acid groups (broad SMARTS) is 1. The fraction of sp³-hybridized carbons (Fsp3) is 0.462. The number of carboxylic acids is 1. The van der Waals surface area contributed by atoms with Crippen molar-refractivity contribution in [1.82, 2.24) is 10.3 Å². The molecule has 2 N–H and O–H groups in total. The SMILES string of the molecule is C#CC[C@@H](NC(=O)c1csc(C(C)(C)C)n1)C(=O)O. The van der Waals surface area contributed by atoms with E-state index in [1.165, 1.54) is 11.3 Å². The third-order valence-corrected chi connectivity index (χ3v) is 3.57. The largest absolute Gasteiger partial charge is 0.480 e. The maximum Gasteiger partial charge on any atom is 0.327 e. The number of hydrogen-bond donors (Lipinski definition) is 2. The molecule has 0 bridgehead atoms. The van der Waals surface area contributed by atoms with Gasteiger partial charge in [0.05, 0.1) is 5.01 Å². The van der Waals surface area contributed by atoms with Crippen molar-refractivity contribution in [2.75, 3.05) is 0 Å². The minimum atomic E-state index is -1.16. The molecule has 0 aliphatic carbocycles. The molecule has 102 valence electrons. The average Bonchev–Trinajstić information content (AvgIpc) is 2.76. The van der Waals surface area contributed by atoms with Crippen molar-refractivity contribution in [2.45, 2.75) is 38.6 Å². The van der Waals surface area contributed by atoms with Crippen molar-refractivity contribution < 1.29 is 14.7 Å². The standard InChI is InChI=1S/C13H16N2O3S/c1-5-6-8(11(17)18)14-10(16)9-7-19-12(15-9)13(2,3)4/h1,7-8H,6H2,2-4H3,(H,14,16)(H,17,18)/t8-/m1/s1. The number of rotatable bonds is 4. The number of amides is 1. The number of carbonyl (C=O) groups excluding carboxylic acids is 1. The van der Waals surface area contributed by atoms with Gasteiger partial charge in [-0.15, -0.1) is 23.7 Å². The molecule has 1 aromatic heterocycles. The van der Waals surface area contributed by atoms with E-state index in [0.717, 1.165) is 5.01 Å². The number of aliphatic carboxylic acids is 1. The van der Waals surface area contributed by atoms with E-state index < -0.39 is 17.9 Å². The molecule has 0 aliphatic heterocycles. The predicted octanol–water partition coefficient (Wildman–Crippen LogP) is 1.65. The van der Waals surface area contributed by atoms with E-state index in [2.05, 4.69) is 16.2 Å². The first-order chi connectivity index (χ1) is 8.75. The van der Waals surface area contributed by atoms with Crippen molar-refractivity contribution in [3.8, 4) is 12.3 Å². The summed E-state index contributed by atoms with van der Waals surface area (Å²) < 4.78 is 0. The Morgan fingerprint density at radius 2 is 2.21 bits per heavy atom. The average molecular weight is 280 g/mol. The molecule has 0 saturated carbocycles. The highest BCUT2D eigenvalue weighted by Gasteiger charge is 2.23. The summed E-state index contributed by atoms with van der Waals surface area (Å²) in [6.07, 6.45) is 5.01. The van der Waals surface area contributed by atoms with Crippen molar-refractivity contribution in [1.29, 1.82) is 0 Å². The maximum absolute atomic E-state index is 11.9. The van der Waals surface area contributed by atoms with Gasteiger partial charge in [0.25, 0.3) is 5.91 Å². The Kier molecular flexibility index (Phi) is 4.67. The molecule has 0 fully saturated rings. The number of hydrogen-bond acceptors (Lipinski definition) is 4. The lowest BCUT2D eigenvalue weighted by Crippen LogP contribution is -2.40. The highest BCUT2D eigenvalue weighted by molar-refractivity contribution is 7.10. The van der Waals surface area contributed by atoms with Gasteiger partial charge in [0.2, 0.25) is 0 Å². The number of terminal acetylenes is 1. The quantitative estimate of drug-likeness (QED) is 0.822. The van der Waals surface area contributed by atoms with Crippen LogP contribution < -0.4 is 5.32 Å². The van der Waals surface area contributed by atoms with Crippen LogP contribution in [0, 0.1) is 12.3 Å². The van der Waals surface area contributed by atoms with Crippen molar-refractivity contribution in [3.63, 3.8) is 0 Å². The molecule has 1 amide bonds. The van der Waals surface area contributed by atoms with Gasteiger partial charge in [-0.05, 0) is 0 Å². The Balaban J connectivity index is 2.81. The minimum absolute atomic E-state index is 0.0582. The van der Waals surface area contributed by atoms with Crippen LogP contribution in [0.5, 0.6) is 0 Å². The Hall–Kier alpha value is -1.87. The zero-order valence-electron chi connectivity index (χ0n) is 11.1. The number of nitrogens with zero attached hydrogens (tertiary/aromatic N) is 1. The monoisotopic (exact) mass is 280 g/mol. The summed E-state index contributed by atoms with van der Waals surface area (Å²) in [7, 11) is 0. The molecule has 0 saturated heterocycles. The number of nitrogens with one attached hydrogen (secondary N) is 1. The zero-order valence-corrected chi connectivity index (χ0v) is 11.9. The van der Waals surface area contributed by atoms with Crippen LogP contribution >= 0.6 is 11.3 Å². The smallest absolute Gasteiger partial charge is 0.327 e. The second kappa shape index (κ2) is 5.85. The number of aromatic nitrogens is 1. The first-order valence-corrected chi connectivity index (χ1v) is 6.57. The summed E-state index contributed by atoms with van der Waals surface area (Å²) >= 11 is 1.37. The summed E-state index contributed by atoms with van der Waals surface area (Å²) in [6.45, 7) is 5.98. The molecule has 0 spiro atoms. The molecule has 0 aliphatic rings. The van der Waals surface area contributed by atoms with Crippen LogP contribution in [0.2, 0.25) is 0 Å². The molecule has 6 heteroatoms. The highest BCUT2D eigenvalue weighted by Crippen LogP contribution is 2.25. The molecule has 1 aromatic rings. The van der Waals surface area contributed by atoms with E-state index in [-0.39, 0.29) is 17.5 Å². The molecular weight excluding hydrogens is 264 g/mol. The van der Waals surface area contributed by atoms with E-state index in [1.54, 1.807) is 5.38 Å². The zero-order chi connectivity index (χ0) is 14.6. The van der Waals surface area contributed by atoms with E-state index in [9.17, 15) is 9.59 Å². The van der Waals surface area contributed by atoms with Crippen LogP contribution in [0.25, 0.3) is 0 Å². The molecule has 19 heavy (non-hydrogen) atoms. The fourth-order valence-corrected chi connectivity index (χ4v) is 2.16. The van der Waals surface area contributed by atoms with E-state index in [0.29, 0.717) is 0 Å². The Morgan fingerprint density at radius 3 is 2.63 bits per heavy atom. The molecule has 0 unspecified atom stereocenters. The lowest BCUT2D eigenvalue weighted by molar-refractivity contribution is -0.139. The van der Waals surface area contributed by atoms with Crippen LogP contribution in [0.15, 0.2) is 5.38 Å². The van der Waals surface area contributed by atoms with Crippen LogP contribution in [-0.4, -0.2) is 28.0 Å². The Bertz CT molecular complexity index is 523. The van der Waals surface area contributed by atoms with Gasteiger partial charge in [-0.2, -0.15) is 0 Å². The molecular formula is C13H16N2O3S. The Morgan fingerprint density at radius 1 is 1.58 bits per heavy atom. The van der Waals surface area contributed by atoms with Gasteiger partial charge in [0.15, 0.2) is 0 Å². The van der Waals surface area contributed by atoms with Crippen LogP contribution in [-0.2, 0) is 10.2 Å². The van der Waals surface area contributed by atoms with E-state index in [1.807, 2.05) is 20.8 Å². The molecule has 1 atom stereocenters. The van der Waals surface area contributed by atoms with Gasteiger partial charge in [-0.3, -0.25) is 4.79 Å². The van der Waals surface area contributed by atoms with Crippen LogP contribution in [0.1, 0.15) is 42.7 Å². The summed E-state index contributed by atoms with van der Waals surface area (Å²) in [5.41, 5.74) is 0.0759. The van der Waals surface area contributed by atoms with Crippen molar-refractivity contribution in [3.05, 3.63) is 16.1 Å². The molecule has 0 radical (unpaired) electrons. The van der Waals surface area contributed by atoms with E-state index in [4.69, 9.17) is 11.5 Å². The van der Waals surface area contributed by atoms with Gasteiger partial charge in [0, 0.05) is 17.2 Å². The normalized spacial score (nSPS) is 12.5. The second-order valence-electron chi connectivity index (χ2n) is 5.06. The lowest BCUT2D eigenvalue weighted by atomic mass is 9.98. The Labute approximate surface area is 116 Å². The molecule has 0 aromatic carbocycles. The first-order valence-electron chi connectivity index (χ1n) is 5.69. The van der Waals surface area contributed by atoms with E-state index >= 15 is 0 Å².